The van der Waals surface area contributed by atoms with Crippen molar-refractivity contribution in [2.45, 2.75) is 19.1 Å². The zero-order valence-corrected chi connectivity index (χ0v) is 11.4. The summed E-state index contributed by atoms with van der Waals surface area (Å²) in [5, 5.41) is 12.9. The Morgan fingerprint density at radius 3 is 3.05 bits per heavy atom. The van der Waals surface area contributed by atoms with Gasteiger partial charge in [0, 0.05) is 18.7 Å². The van der Waals surface area contributed by atoms with Crippen LogP contribution in [0.5, 0.6) is 11.5 Å². The monoisotopic (exact) mass is 267 g/mol. The van der Waals surface area contributed by atoms with Gasteiger partial charge in [0.1, 0.15) is 30.8 Å². The predicted octanol–water partition coefficient (Wildman–Crippen LogP) is 1.12. The maximum Gasteiger partial charge on any atom is 0.127 e. The zero-order chi connectivity index (χ0) is 13.7. The van der Waals surface area contributed by atoms with Crippen LogP contribution in [0, 0.1) is 0 Å². The number of aliphatic hydroxyl groups is 1. The summed E-state index contributed by atoms with van der Waals surface area (Å²) in [7, 11) is 1.55. The highest BCUT2D eigenvalue weighted by atomic mass is 16.5. The van der Waals surface area contributed by atoms with E-state index in [4.69, 9.17) is 14.2 Å². The Kier molecular flexibility index (Phi) is 5.01. The Hall–Kier alpha value is -1.30. The van der Waals surface area contributed by atoms with Gasteiger partial charge in [0.2, 0.25) is 0 Å². The molecule has 0 amide bonds. The molecule has 19 heavy (non-hydrogen) atoms. The lowest BCUT2D eigenvalue weighted by Crippen LogP contribution is -2.22. The van der Waals surface area contributed by atoms with Crippen molar-refractivity contribution in [1.82, 2.24) is 5.32 Å². The number of hydrogen-bond donors (Lipinski definition) is 2. The van der Waals surface area contributed by atoms with E-state index in [1.165, 1.54) is 0 Å². The second kappa shape index (κ2) is 6.75. The number of likely N-dealkylation sites (N-methyl/N-ethyl adjacent to an activating group) is 1. The first-order valence-corrected chi connectivity index (χ1v) is 6.54. The number of aliphatic hydroxyl groups excluding tert-OH is 1. The van der Waals surface area contributed by atoms with E-state index in [0.717, 1.165) is 17.9 Å². The molecule has 1 aromatic rings. The molecule has 0 bridgehead atoms. The van der Waals surface area contributed by atoms with Crippen LogP contribution in [0.15, 0.2) is 18.2 Å². The molecule has 1 aromatic carbocycles. The molecule has 0 aliphatic carbocycles. The van der Waals surface area contributed by atoms with Gasteiger partial charge in [0.25, 0.3) is 0 Å². The van der Waals surface area contributed by atoms with Crippen molar-refractivity contribution in [3.8, 4) is 11.5 Å². The minimum absolute atomic E-state index is 0.212. The lowest BCUT2D eigenvalue weighted by Gasteiger charge is -2.12. The smallest absolute Gasteiger partial charge is 0.127 e. The van der Waals surface area contributed by atoms with Gasteiger partial charge in [-0.15, -0.1) is 0 Å². The summed E-state index contributed by atoms with van der Waals surface area (Å²) in [5.74, 6) is 1.55. The fourth-order valence-electron chi connectivity index (χ4n) is 2.13. The second-order valence-corrected chi connectivity index (χ2v) is 4.54. The van der Waals surface area contributed by atoms with E-state index in [1.54, 1.807) is 7.11 Å². The molecule has 2 unspecified atom stereocenters. The van der Waals surface area contributed by atoms with Gasteiger partial charge >= 0.3 is 0 Å². The zero-order valence-electron chi connectivity index (χ0n) is 11.4. The molecule has 1 aliphatic rings. The molecule has 1 heterocycles. The molecule has 0 spiro atoms. The fraction of sp³-hybridized carbons (Fsp3) is 0.571. The molecule has 2 N–H and O–H groups in total. The average Bonchev–Trinajstić information content (AvgIpc) is 2.80. The standard InChI is InChI=1S/C14H21NO4/c1-3-15-13-9-19-14-6-11(4-5-12(13)14)18-8-10(16)7-17-2/h4-6,10,13,15-16H,3,7-9H2,1-2H3. The Morgan fingerprint density at radius 1 is 1.47 bits per heavy atom. The van der Waals surface area contributed by atoms with Gasteiger partial charge in [-0.05, 0) is 18.7 Å². The molecule has 0 saturated heterocycles. The molecular formula is C14H21NO4. The summed E-state index contributed by atoms with van der Waals surface area (Å²) < 4.78 is 16.0. The minimum Gasteiger partial charge on any atom is -0.491 e. The quantitative estimate of drug-likeness (QED) is 0.775. The summed E-state index contributed by atoms with van der Waals surface area (Å²) in [6.07, 6.45) is -0.617. The summed E-state index contributed by atoms with van der Waals surface area (Å²) >= 11 is 0. The van der Waals surface area contributed by atoms with E-state index in [9.17, 15) is 5.11 Å². The first-order chi connectivity index (χ1) is 9.24. The maximum absolute atomic E-state index is 9.52. The van der Waals surface area contributed by atoms with Crippen molar-refractivity contribution in [2.24, 2.45) is 0 Å². The summed E-state index contributed by atoms with van der Waals surface area (Å²) in [6.45, 7) is 4.12. The highest BCUT2D eigenvalue weighted by Gasteiger charge is 2.23. The molecule has 5 nitrogen and oxygen atoms in total. The molecule has 2 atom stereocenters. The molecule has 2 rings (SSSR count). The second-order valence-electron chi connectivity index (χ2n) is 4.54. The van der Waals surface area contributed by atoms with Crippen LogP contribution in [-0.2, 0) is 4.74 Å². The van der Waals surface area contributed by atoms with Crippen molar-refractivity contribution < 1.29 is 19.3 Å². The Bertz CT molecular complexity index is 410. The first kappa shape index (κ1) is 14.1. The summed E-state index contributed by atoms with van der Waals surface area (Å²) in [6, 6.07) is 6.03. The number of nitrogens with one attached hydrogen (secondary N) is 1. The minimum atomic E-state index is -0.617. The third-order valence-electron chi connectivity index (χ3n) is 3.02. The van der Waals surface area contributed by atoms with Crippen molar-refractivity contribution in [2.75, 3.05) is 33.5 Å². The van der Waals surface area contributed by atoms with Crippen LogP contribution in [0.4, 0.5) is 0 Å². The van der Waals surface area contributed by atoms with Crippen LogP contribution in [0.25, 0.3) is 0 Å². The van der Waals surface area contributed by atoms with Crippen LogP contribution in [0.1, 0.15) is 18.5 Å². The lowest BCUT2D eigenvalue weighted by molar-refractivity contribution is 0.0325. The summed E-state index contributed by atoms with van der Waals surface area (Å²) in [4.78, 5) is 0. The first-order valence-electron chi connectivity index (χ1n) is 6.54. The number of hydrogen-bond acceptors (Lipinski definition) is 5. The van der Waals surface area contributed by atoms with Crippen LogP contribution < -0.4 is 14.8 Å². The van der Waals surface area contributed by atoms with E-state index >= 15 is 0 Å². The van der Waals surface area contributed by atoms with Crippen LogP contribution in [0.2, 0.25) is 0 Å². The topological polar surface area (TPSA) is 60.0 Å². The normalized spacial score (nSPS) is 18.8. The molecular weight excluding hydrogens is 246 g/mol. The molecule has 1 aliphatic heterocycles. The third-order valence-corrected chi connectivity index (χ3v) is 3.02. The maximum atomic E-state index is 9.52. The van der Waals surface area contributed by atoms with Crippen molar-refractivity contribution >= 4 is 0 Å². The molecule has 0 aromatic heterocycles. The van der Waals surface area contributed by atoms with E-state index < -0.39 is 6.10 Å². The van der Waals surface area contributed by atoms with Gasteiger partial charge in [-0.1, -0.05) is 6.92 Å². The van der Waals surface area contributed by atoms with Crippen LogP contribution in [0.3, 0.4) is 0 Å². The molecule has 5 heteroatoms. The van der Waals surface area contributed by atoms with Gasteiger partial charge in [0.15, 0.2) is 0 Å². The average molecular weight is 267 g/mol. The Morgan fingerprint density at radius 2 is 2.32 bits per heavy atom. The largest absolute Gasteiger partial charge is 0.491 e. The molecule has 0 radical (unpaired) electrons. The molecule has 0 saturated carbocycles. The summed E-state index contributed by atoms with van der Waals surface area (Å²) in [5.41, 5.74) is 1.16. The number of ether oxygens (including phenoxy) is 3. The van der Waals surface area contributed by atoms with E-state index in [0.29, 0.717) is 12.4 Å². The lowest BCUT2D eigenvalue weighted by atomic mass is 10.1. The number of methoxy groups -OCH3 is 1. The van der Waals surface area contributed by atoms with Gasteiger partial charge in [-0.2, -0.15) is 0 Å². The Balaban J connectivity index is 1.95. The van der Waals surface area contributed by atoms with Crippen molar-refractivity contribution in [1.29, 1.82) is 0 Å². The van der Waals surface area contributed by atoms with Gasteiger partial charge in [-0.3, -0.25) is 0 Å². The fourth-order valence-corrected chi connectivity index (χ4v) is 2.13. The van der Waals surface area contributed by atoms with Crippen molar-refractivity contribution in [3.05, 3.63) is 23.8 Å². The highest BCUT2D eigenvalue weighted by Crippen LogP contribution is 2.35. The van der Waals surface area contributed by atoms with Gasteiger partial charge < -0.3 is 24.6 Å². The third kappa shape index (κ3) is 3.59. The van der Waals surface area contributed by atoms with E-state index in [-0.39, 0.29) is 19.3 Å². The molecule has 0 fully saturated rings. The van der Waals surface area contributed by atoms with Crippen LogP contribution >= 0.6 is 0 Å². The SMILES string of the molecule is CCNC1COc2cc(OCC(O)COC)ccc21. The highest BCUT2D eigenvalue weighted by molar-refractivity contribution is 5.45. The number of rotatable bonds is 7. The van der Waals surface area contributed by atoms with E-state index in [1.807, 2.05) is 18.2 Å². The number of fused-ring (bicyclic) bond motifs is 1. The van der Waals surface area contributed by atoms with Crippen LogP contribution in [-0.4, -0.2) is 44.7 Å². The number of benzene rings is 1. The van der Waals surface area contributed by atoms with Crippen molar-refractivity contribution in [3.63, 3.8) is 0 Å². The molecule has 106 valence electrons. The van der Waals surface area contributed by atoms with Gasteiger partial charge in [0.05, 0.1) is 12.6 Å². The Labute approximate surface area is 113 Å². The van der Waals surface area contributed by atoms with Gasteiger partial charge in [-0.25, -0.2) is 0 Å². The van der Waals surface area contributed by atoms with E-state index in [2.05, 4.69) is 12.2 Å². The predicted molar refractivity (Wildman–Crippen MR) is 71.7 cm³/mol.